The van der Waals surface area contributed by atoms with Crippen molar-refractivity contribution in [3.63, 3.8) is 0 Å². The molecule has 14 heavy (non-hydrogen) atoms. The fourth-order valence-corrected chi connectivity index (χ4v) is 1.15. The highest BCUT2D eigenvalue weighted by Gasteiger charge is 2.03. The van der Waals surface area contributed by atoms with Crippen LogP contribution in [0, 0.1) is 5.82 Å². The van der Waals surface area contributed by atoms with Crippen LogP contribution in [-0.2, 0) is 0 Å². The number of halogens is 1. The van der Waals surface area contributed by atoms with Crippen molar-refractivity contribution in [1.82, 2.24) is 9.97 Å². The Bertz CT molecular complexity index is 559. The highest BCUT2D eigenvalue weighted by Crippen LogP contribution is 2.15. The van der Waals surface area contributed by atoms with Gasteiger partial charge in [0.15, 0.2) is 0 Å². The van der Waals surface area contributed by atoms with Gasteiger partial charge in [-0.1, -0.05) is 0 Å². The minimum absolute atomic E-state index is 0.0831. The zero-order valence-electron chi connectivity index (χ0n) is 6.93. The molecule has 0 unspecified atom stereocenters. The maximum Gasteiger partial charge on any atom is 0.314 e. The summed E-state index contributed by atoms with van der Waals surface area (Å²) in [7, 11) is 0. The van der Waals surface area contributed by atoms with E-state index in [9.17, 15) is 14.0 Å². The lowest BCUT2D eigenvalue weighted by atomic mass is 10.2. The molecule has 0 aliphatic heterocycles. The molecular weight excluding hydrogens is 189 g/mol. The standard InChI is InChI=1S/C8H6FN3O2/c9-3-1-5-6(2-4(3)10)12-8(14)7(13)11-5/h1-2H,10H2,(H,11,13)(H,12,14). The minimum Gasteiger partial charge on any atom is -0.396 e. The van der Waals surface area contributed by atoms with Gasteiger partial charge < -0.3 is 15.7 Å². The molecule has 0 spiro atoms. The topological polar surface area (TPSA) is 91.7 Å². The van der Waals surface area contributed by atoms with Crippen molar-refractivity contribution in [1.29, 1.82) is 0 Å². The number of hydrogen-bond acceptors (Lipinski definition) is 3. The van der Waals surface area contributed by atoms with Gasteiger partial charge in [0.1, 0.15) is 5.82 Å². The van der Waals surface area contributed by atoms with E-state index in [-0.39, 0.29) is 11.2 Å². The van der Waals surface area contributed by atoms with Gasteiger partial charge in [-0.25, -0.2) is 4.39 Å². The number of nitrogen functional groups attached to an aromatic ring is 1. The maximum atomic E-state index is 12.9. The highest BCUT2D eigenvalue weighted by atomic mass is 19.1. The summed E-state index contributed by atoms with van der Waals surface area (Å²) in [6, 6.07) is 2.31. The Labute approximate surface area is 76.4 Å². The first-order valence-electron chi connectivity index (χ1n) is 3.79. The average Bonchev–Trinajstić information content (AvgIpc) is 2.11. The van der Waals surface area contributed by atoms with Gasteiger partial charge in [0.25, 0.3) is 0 Å². The molecule has 4 N–H and O–H groups in total. The van der Waals surface area contributed by atoms with Crippen LogP contribution in [0.25, 0.3) is 11.0 Å². The molecule has 2 aromatic rings. The van der Waals surface area contributed by atoms with E-state index >= 15 is 0 Å². The first-order valence-corrected chi connectivity index (χ1v) is 3.79. The predicted molar refractivity (Wildman–Crippen MR) is 49.6 cm³/mol. The number of benzene rings is 1. The highest BCUT2D eigenvalue weighted by molar-refractivity contribution is 5.77. The third kappa shape index (κ3) is 1.17. The summed E-state index contributed by atoms with van der Waals surface area (Å²) in [6.45, 7) is 0. The van der Waals surface area contributed by atoms with Crippen molar-refractivity contribution in [3.8, 4) is 0 Å². The van der Waals surface area contributed by atoms with Crippen molar-refractivity contribution in [2.45, 2.75) is 0 Å². The van der Waals surface area contributed by atoms with E-state index < -0.39 is 16.9 Å². The Morgan fingerprint density at radius 3 is 2.14 bits per heavy atom. The predicted octanol–water partition coefficient (Wildman–Crippen LogP) is -0.0623. The van der Waals surface area contributed by atoms with E-state index in [1.165, 1.54) is 6.07 Å². The Morgan fingerprint density at radius 1 is 1.07 bits per heavy atom. The molecule has 0 atom stereocenters. The van der Waals surface area contributed by atoms with Gasteiger partial charge in [0.2, 0.25) is 0 Å². The van der Waals surface area contributed by atoms with Crippen molar-refractivity contribution < 1.29 is 4.39 Å². The van der Waals surface area contributed by atoms with Crippen molar-refractivity contribution in [2.24, 2.45) is 0 Å². The molecule has 5 nitrogen and oxygen atoms in total. The van der Waals surface area contributed by atoms with Gasteiger partial charge in [-0.3, -0.25) is 9.59 Å². The van der Waals surface area contributed by atoms with E-state index in [1.807, 2.05) is 0 Å². The summed E-state index contributed by atoms with van der Waals surface area (Å²) in [5.74, 6) is -0.639. The fraction of sp³-hybridized carbons (Fsp3) is 0. The molecule has 0 saturated carbocycles. The summed E-state index contributed by atoms with van der Waals surface area (Å²) < 4.78 is 12.9. The van der Waals surface area contributed by atoms with Gasteiger partial charge in [-0.05, 0) is 6.07 Å². The number of aromatic nitrogens is 2. The Balaban J connectivity index is 2.97. The van der Waals surface area contributed by atoms with Gasteiger partial charge in [-0.15, -0.1) is 0 Å². The van der Waals surface area contributed by atoms with Crippen LogP contribution < -0.4 is 16.9 Å². The molecule has 6 heteroatoms. The monoisotopic (exact) mass is 195 g/mol. The molecule has 0 aliphatic carbocycles. The van der Waals surface area contributed by atoms with Gasteiger partial charge in [0.05, 0.1) is 16.7 Å². The first-order chi connectivity index (χ1) is 6.58. The van der Waals surface area contributed by atoms with Crippen LogP contribution in [0.5, 0.6) is 0 Å². The number of H-pyrrole nitrogens is 2. The second-order valence-electron chi connectivity index (χ2n) is 2.83. The number of rotatable bonds is 0. The number of nitrogens with one attached hydrogen (secondary N) is 2. The molecule has 0 radical (unpaired) electrons. The van der Waals surface area contributed by atoms with E-state index in [0.29, 0.717) is 5.52 Å². The SMILES string of the molecule is Nc1cc2[nH]c(=O)c(=O)[nH]c2cc1F. The minimum atomic E-state index is -0.818. The molecule has 1 aromatic carbocycles. The van der Waals surface area contributed by atoms with Crippen molar-refractivity contribution >= 4 is 16.7 Å². The molecule has 1 aromatic heterocycles. The third-order valence-corrected chi connectivity index (χ3v) is 1.84. The lowest BCUT2D eigenvalue weighted by molar-refractivity contribution is 0.634. The van der Waals surface area contributed by atoms with Crippen LogP contribution in [0.2, 0.25) is 0 Å². The van der Waals surface area contributed by atoms with E-state index in [0.717, 1.165) is 6.07 Å². The smallest absolute Gasteiger partial charge is 0.314 e. The maximum absolute atomic E-state index is 12.9. The second kappa shape index (κ2) is 2.69. The first kappa shape index (κ1) is 8.49. The molecule has 72 valence electrons. The number of anilines is 1. The van der Waals surface area contributed by atoms with Crippen LogP contribution in [-0.4, -0.2) is 9.97 Å². The normalized spacial score (nSPS) is 10.6. The zero-order chi connectivity index (χ0) is 10.3. The van der Waals surface area contributed by atoms with Crippen LogP contribution in [0.15, 0.2) is 21.7 Å². The summed E-state index contributed by atoms with van der Waals surface area (Å²) in [4.78, 5) is 26.3. The van der Waals surface area contributed by atoms with Gasteiger partial charge in [-0.2, -0.15) is 0 Å². The number of aromatic amines is 2. The number of nitrogens with two attached hydrogens (primary N) is 1. The van der Waals surface area contributed by atoms with E-state index in [4.69, 9.17) is 5.73 Å². The van der Waals surface area contributed by atoms with Crippen molar-refractivity contribution in [2.75, 3.05) is 5.73 Å². The molecule has 0 amide bonds. The van der Waals surface area contributed by atoms with E-state index in [1.54, 1.807) is 0 Å². The van der Waals surface area contributed by atoms with Gasteiger partial charge >= 0.3 is 11.1 Å². The van der Waals surface area contributed by atoms with Crippen LogP contribution in [0.1, 0.15) is 0 Å². The number of fused-ring (bicyclic) bond motifs is 1. The Kier molecular flexibility index (Phi) is 1.63. The average molecular weight is 195 g/mol. The zero-order valence-corrected chi connectivity index (χ0v) is 6.93. The lowest BCUT2D eigenvalue weighted by Gasteiger charge is -1.99. The molecule has 1 heterocycles. The molecular formula is C8H6FN3O2. The molecule has 0 saturated heterocycles. The van der Waals surface area contributed by atoms with Crippen LogP contribution in [0.4, 0.5) is 10.1 Å². The fourth-order valence-electron chi connectivity index (χ4n) is 1.15. The van der Waals surface area contributed by atoms with Crippen LogP contribution in [0.3, 0.4) is 0 Å². The Hall–Kier alpha value is -2.11. The van der Waals surface area contributed by atoms with Crippen molar-refractivity contribution in [3.05, 3.63) is 38.7 Å². The Morgan fingerprint density at radius 2 is 1.57 bits per heavy atom. The summed E-state index contributed by atoms with van der Waals surface area (Å²) in [5.41, 5.74) is 4.10. The third-order valence-electron chi connectivity index (χ3n) is 1.84. The molecule has 0 aliphatic rings. The molecule has 0 bridgehead atoms. The summed E-state index contributed by atoms with van der Waals surface area (Å²) in [6.07, 6.45) is 0. The number of hydrogen-bond donors (Lipinski definition) is 3. The molecule has 0 fully saturated rings. The van der Waals surface area contributed by atoms with E-state index in [2.05, 4.69) is 9.97 Å². The largest absolute Gasteiger partial charge is 0.396 e. The van der Waals surface area contributed by atoms with Gasteiger partial charge in [0, 0.05) is 6.07 Å². The summed E-state index contributed by atoms with van der Waals surface area (Å²) in [5, 5.41) is 0. The molecule has 2 rings (SSSR count). The summed E-state index contributed by atoms with van der Waals surface area (Å²) >= 11 is 0. The lowest BCUT2D eigenvalue weighted by Crippen LogP contribution is -2.28. The van der Waals surface area contributed by atoms with Crippen LogP contribution >= 0.6 is 0 Å². The second-order valence-corrected chi connectivity index (χ2v) is 2.83. The quantitative estimate of drug-likeness (QED) is 0.406.